The van der Waals surface area contributed by atoms with Crippen LogP contribution in [0.5, 0.6) is 0 Å². The van der Waals surface area contributed by atoms with Crippen molar-refractivity contribution in [3.63, 3.8) is 0 Å². The van der Waals surface area contributed by atoms with Crippen LogP contribution >= 0.6 is 15.9 Å². The molecule has 0 aliphatic heterocycles. The van der Waals surface area contributed by atoms with Gasteiger partial charge >= 0.3 is 0 Å². The third-order valence-electron chi connectivity index (χ3n) is 1.82. The second-order valence-corrected chi connectivity index (χ2v) is 4.74. The molecule has 1 aromatic heterocycles. The maximum absolute atomic E-state index is 9.83. The van der Waals surface area contributed by atoms with E-state index in [1.54, 1.807) is 20.0 Å². The molecule has 13 heavy (non-hydrogen) atoms. The topological polar surface area (TPSA) is 38.0 Å². The first-order chi connectivity index (χ1) is 5.84. The third kappa shape index (κ3) is 2.11. The Hall–Kier alpha value is -0.350. The normalized spacial score (nSPS) is 12.5. The van der Waals surface area contributed by atoms with Crippen molar-refractivity contribution in [3.8, 4) is 0 Å². The van der Waals surface area contributed by atoms with Crippen LogP contribution in [0.25, 0.3) is 0 Å². The van der Waals surface area contributed by atoms with Crippen LogP contribution in [0.2, 0.25) is 0 Å². The van der Waals surface area contributed by atoms with E-state index < -0.39 is 5.60 Å². The van der Waals surface area contributed by atoms with Crippen molar-refractivity contribution in [1.29, 1.82) is 0 Å². The zero-order valence-corrected chi connectivity index (χ0v) is 9.96. The minimum atomic E-state index is -0.893. The molecule has 0 radical (unpaired) electrons. The lowest BCUT2D eigenvalue weighted by molar-refractivity contribution is 0.0633. The number of imidazole rings is 1. The monoisotopic (exact) mass is 246 g/mol. The van der Waals surface area contributed by atoms with Gasteiger partial charge in [0.25, 0.3) is 0 Å². The van der Waals surface area contributed by atoms with Crippen LogP contribution in [0.4, 0.5) is 0 Å². The Bertz CT molecular complexity index is 299. The van der Waals surface area contributed by atoms with Crippen molar-refractivity contribution >= 4 is 15.9 Å². The Morgan fingerprint density at radius 3 is 2.38 bits per heavy atom. The standard InChI is InChI=1S/C9H15BrN2O/c1-6(2)12-7(10)5-11-8(12)9(3,4)13/h5-6,13H,1-4H3. The first kappa shape index (κ1) is 10.7. The fraction of sp³-hybridized carbons (Fsp3) is 0.667. The summed E-state index contributed by atoms with van der Waals surface area (Å²) in [7, 11) is 0. The molecule has 1 aromatic rings. The molecule has 3 nitrogen and oxygen atoms in total. The van der Waals surface area contributed by atoms with Gasteiger partial charge in [-0.05, 0) is 43.6 Å². The van der Waals surface area contributed by atoms with Gasteiger partial charge in [-0.25, -0.2) is 4.98 Å². The number of nitrogens with zero attached hydrogens (tertiary/aromatic N) is 2. The van der Waals surface area contributed by atoms with E-state index in [0.717, 1.165) is 4.60 Å². The highest BCUT2D eigenvalue weighted by Gasteiger charge is 2.24. The molecule has 1 N–H and O–H groups in total. The van der Waals surface area contributed by atoms with Crippen LogP contribution in [0, 0.1) is 0 Å². The van der Waals surface area contributed by atoms with E-state index in [-0.39, 0.29) is 0 Å². The number of hydrogen-bond donors (Lipinski definition) is 1. The van der Waals surface area contributed by atoms with Crippen LogP contribution < -0.4 is 0 Å². The second-order valence-electron chi connectivity index (χ2n) is 3.93. The van der Waals surface area contributed by atoms with Gasteiger partial charge in [0.15, 0.2) is 0 Å². The number of halogens is 1. The molecule has 1 rings (SSSR count). The van der Waals surface area contributed by atoms with Gasteiger partial charge in [-0.2, -0.15) is 0 Å². The maximum atomic E-state index is 9.83. The number of rotatable bonds is 2. The molecular formula is C9H15BrN2O. The molecule has 0 atom stereocenters. The van der Waals surface area contributed by atoms with Crippen molar-refractivity contribution in [3.05, 3.63) is 16.6 Å². The highest BCUT2D eigenvalue weighted by atomic mass is 79.9. The molecule has 1 heterocycles. The average molecular weight is 247 g/mol. The van der Waals surface area contributed by atoms with Crippen LogP contribution in [-0.4, -0.2) is 14.7 Å². The van der Waals surface area contributed by atoms with Crippen LogP contribution in [-0.2, 0) is 5.60 Å². The molecule has 4 heteroatoms. The summed E-state index contributed by atoms with van der Waals surface area (Å²) < 4.78 is 2.87. The zero-order chi connectivity index (χ0) is 10.2. The van der Waals surface area contributed by atoms with E-state index in [9.17, 15) is 5.11 Å². The van der Waals surface area contributed by atoms with Crippen molar-refractivity contribution in [2.24, 2.45) is 0 Å². The largest absolute Gasteiger partial charge is 0.383 e. The minimum absolute atomic E-state index is 0.290. The Kier molecular flexibility index (Phi) is 2.82. The van der Waals surface area contributed by atoms with E-state index in [2.05, 4.69) is 34.8 Å². The van der Waals surface area contributed by atoms with E-state index in [1.165, 1.54) is 0 Å². The van der Waals surface area contributed by atoms with E-state index in [0.29, 0.717) is 11.9 Å². The summed E-state index contributed by atoms with van der Waals surface area (Å²) in [6.07, 6.45) is 1.72. The van der Waals surface area contributed by atoms with E-state index in [1.807, 2.05) is 4.57 Å². The maximum Gasteiger partial charge on any atom is 0.141 e. The lowest BCUT2D eigenvalue weighted by atomic mass is 10.1. The highest BCUT2D eigenvalue weighted by Crippen LogP contribution is 2.26. The van der Waals surface area contributed by atoms with Crippen molar-refractivity contribution in [2.45, 2.75) is 39.3 Å². The predicted octanol–water partition coefficient (Wildman–Crippen LogP) is 2.45. The lowest BCUT2D eigenvalue weighted by Gasteiger charge is -2.21. The molecule has 0 aliphatic carbocycles. The van der Waals surface area contributed by atoms with Crippen LogP contribution in [0.15, 0.2) is 10.8 Å². The SMILES string of the molecule is CC(C)n1c(Br)cnc1C(C)(C)O. The highest BCUT2D eigenvalue weighted by molar-refractivity contribution is 9.10. The lowest BCUT2D eigenvalue weighted by Crippen LogP contribution is -2.23. The van der Waals surface area contributed by atoms with Gasteiger partial charge in [0, 0.05) is 6.04 Å². The molecular weight excluding hydrogens is 232 g/mol. The molecule has 0 bridgehead atoms. The molecule has 74 valence electrons. The summed E-state index contributed by atoms with van der Waals surface area (Å²) in [6.45, 7) is 7.59. The Morgan fingerprint density at radius 2 is 2.08 bits per heavy atom. The molecule has 0 saturated heterocycles. The Labute approximate surface area is 86.9 Å². The second kappa shape index (κ2) is 3.42. The summed E-state index contributed by atoms with van der Waals surface area (Å²) in [6, 6.07) is 0.290. The summed E-state index contributed by atoms with van der Waals surface area (Å²) in [5.74, 6) is 0.689. The first-order valence-electron chi connectivity index (χ1n) is 4.29. The van der Waals surface area contributed by atoms with Crippen molar-refractivity contribution < 1.29 is 5.11 Å². The zero-order valence-electron chi connectivity index (χ0n) is 8.37. The summed E-state index contributed by atoms with van der Waals surface area (Å²) >= 11 is 3.40. The van der Waals surface area contributed by atoms with E-state index >= 15 is 0 Å². The van der Waals surface area contributed by atoms with Crippen molar-refractivity contribution in [1.82, 2.24) is 9.55 Å². The Balaban J connectivity index is 3.23. The van der Waals surface area contributed by atoms with Gasteiger partial charge < -0.3 is 9.67 Å². The molecule has 0 amide bonds. The minimum Gasteiger partial charge on any atom is -0.383 e. The number of aliphatic hydroxyl groups is 1. The van der Waals surface area contributed by atoms with Crippen LogP contribution in [0.3, 0.4) is 0 Å². The Morgan fingerprint density at radius 1 is 1.54 bits per heavy atom. The van der Waals surface area contributed by atoms with Gasteiger partial charge in [-0.3, -0.25) is 0 Å². The molecule has 0 aromatic carbocycles. The molecule has 0 saturated carbocycles. The quantitative estimate of drug-likeness (QED) is 0.871. The molecule has 0 fully saturated rings. The summed E-state index contributed by atoms with van der Waals surface area (Å²) in [4.78, 5) is 4.17. The van der Waals surface area contributed by atoms with Gasteiger partial charge in [0.05, 0.1) is 6.20 Å². The predicted molar refractivity (Wildman–Crippen MR) is 55.6 cm³/mol. The summed E-state index contributed by atoms with van der Waals surface area (Å²) in [5.41, 5.74) is -0.893. The van der Waals surface area contributed by atoms with Crippen LogP contribution in [0.1, 0.15) is 39.6 Å². The first-order valence-corrected chi connectivity index (χ1v) is 5.09. The van der Waals surface area contributed by atoms with Crippen molar-refractivity contribution in [2.75, 3.05) is 0 Å². The fourth-order valence-electron chi connectivity index (χ4n) is 1.28. The van der Waals surface area contributed by atoms with Gasteiger partial charge in [0.2, 0.25) is 0 Å². The molecule has 0 aliphatic rings. The van der Waals surface area contributed by atoms with Gasteiger partial charge in [-0.15, -0.1) is 0 Å². The number of aromatic nitrogens is 2. The van der Waals surface area contributed by atoms with Gasteiger partial charge in [0.1, 0.15) is 16.0 Å². The fourth-order valence-corrected chi connectivity index (χ4v) is 1.96. The molecule has 0 unspecified atom stereocenters. The molecule has 0 spiro atoms. The van der Waals surface area contributed by atoms with Gasteiger partial charge in [-0.1, -0.05) is 0 Å². The smallest absolute Gasteiger partial charge is 0.141 e. The van der Waals surface area contributed by atoms with E-state index in [4.69, 9.17) is 0 Å². The summed E-state index contributed by atoms with van der Waals surface area (Å²) in [5, 5.41) is 9.83. The number of hydrogen-bond acceptors (Lipinski definition) is 2. The average Bonchev–Trinajstić information content (AvgIpc) is 2.28. The third-order valence-corrected chi connectivity index (χ3v) is 2.40.